The lowest BCUT2D eigenvalue weighted by Crippen LogP contribution is -2.03. The van der Waals surface area contributed by atoms with Gasteiger partial charge < -0.3 is 5.73 Å². The van der Waals surface area contributed by atoms with E-state index >= 15 is 0 Å². The highest BCUT2D eigenvalue weighted by atomic mass is 32.2. The van der Waals surface area contributed by atoms with Crippen molar-refractivity contribution in [2.24, 2.45) is 0 Å². The molecule has 0 fully saturated rings. The number of rotatable bonds is 3. The van der Waals surface area contributed by atoms with Crippen LogP contribution < -0.4 is 5.73 Å². The molecule has 0 bridgehead atoms. The van der Waals surface area contributed by atoms with Crippen molar-refractivity contribution < 1.29 is 26.7 Å². The van der Waals surface area contributed by atoms with Gasteiger partial charge in [-0.3, -0.25) is 4.79 Å². The first-order valence-electron chi connectivity index (χ1n) is 5.83. The van der Waals surface area contributed by atoms with E-state index in [0.717, 1.165) is 0 Å². The molecule has 2 aromatic rings. The lowest BCUT2D eigenvalue weighted by Gasteiger charge is -2.10. The maximum atomic E-state index is 13.6. The van der Waals surface area contributed by atoms with E-state index < -0.39 is 34.0 Å². The summed E-state index contributed by atoms with van der Waals surface area (Å²) in [6.45, 7) is 1.26. The third kappa shape index (κ3) is 2.78. The molecule has 0 unspecified atom stereocenters. The molecule has 0 heterocycles. The molecular weight excluding hydrogens is 325 g/mol. The van der Waals surface area contributed by atoms with Crippen LogP contribution in [0, 0.1) is 29.1 Å². The van der Waals surface area contributed by atoms with Crippen molar-refractivity contribution in [3.63, 3.8) is 0 Å². The number of carbonyl (C=O) groups is 1. The van der Waals surface area contributed by atoms with Crippen LogP contribution in [0.3, 0.4) is 0 Å². The quantitative estimate of drug-likeness (QED) is 0.299. The first-order valence-corrected chi connectivity index (χ1v) is 6.65. The summed E-state index contributed by atoms with van der Waals surface area (Å²) in [4.78, 5) is 10.2. The molecule has 0 aliphatic rings. The number of ketones is 1. The summed E-state index contributed by atoms with van der Waals surface area (Å²) in [6.07, 6.45) is 0. The fourth-order valence-corrected chi connectivity index (χ4v) is 2.58. The minimum absolute atomic E-state index is 0.0101. The molecule has 0 amide bonds. The fraction of sp³-hybridized carbons (Fsp3) is 0.0714. The predicted octanol–water partition coefficient (Wildman–Crippen LogP) is 4.32. The Balaban J connectivity index is 2.57. The summed E-state index contributed by atoms with van der Waals surface area (Å²) in [5, 5.41) is 0. The number of nitrogens with two attached hydrogens (primary N) is 1. The molecule has 0 aromatic heterocycles. The Bertz CT molecular complexity index is 749. The molecule has 2 aromatic carbocycles. The van der Waals surface area contributed by atoms with E-state index in [0.29, 0.717) is 0 Å². The van der Waals surface area contributed by atoms with Gasteiger partial charge in [0.05, 0.1) is 4.90 Å². The van der Waals surface area contributed by atoms with E-state index in [2.05, 4.69) is 0 Å². The SMILES string of the molecule is CC(=O)c1ccc(N)c(Sc2c(F)c(F)c(F)c(F)c2F)c1. The highest BCUT2D eigenvalue weighted by Crippen LogP contribution is 2.38. The van der Waals surface area contributed by atoms with E-state index in [-0.39, 0.29) is 33.7 Å². The highest BCUT2D eigenvalue weighted by Gasteiger charge is 2.26. The number of Topliss-reactive ketones (excluding diaryl/α,β-unsaturated/α-hetero) is 1. The van der Waals surface area contributed by atoms with Gasteiger partial charge in [0.1, 0.15) is 0 Å². The van der Waals surface area contributed by atoms with Crippen LogP contribution in [0.25, 0.3) is 0 Å². The molecule has 0 aliphatic heterocycles. The molecule has 116 valence electrons. The van der Waals surface area contributed by atoms with Crippen molar-refractivity contribution in [2.75, 3.05) is 5.73 Å². The topological polar surface area (TPSA) is 43.1 Å². The van der Waals surface area contributed by atoms with E-state index in [1.54, 1.807) is 0 Å². The molecule has 0 spiro atoms. The van der Waals surface area contributed by atoms with E-state index in [1.165, 1.54) is 25.1 Å². The van der Waals surface area contributed by atoms with Gasteiger partial charge in [0.2, 0.25) is 5.82 Å². The molecule has 2 rings (SSSR count). The molecule has 0 radical (unpaired) electrons. The lowest BCUT2D eigenvalue weighted by atomic mass is 10.1. The van der Waals surface area contributed by atoms with Gasteiger partial charge in [-0.05, 0) is 25.1 Å². The van der Waals surface area contributed by atoms with Crippen molar-refractivity contribution in [3.05, 3.63) is 52.8 Å². The minimum atomic E-state index is -2.23. The van der Waals surface area contributed by atoms with Gasteiger partial charge in [-0.25, -0.2) is 22.0 Å². The monoisotopic (exact) mass is 333 g/mol. The number of hydrogen-bond acceptors (Lipinski definition) is 3. The summed E-state index contributed by atoms with van der Waals surface area (Å²) in [6, 6.07) is 3.92. The summed E-state index contributed by atoms with van der Waals surface area (Å²) in [5.74, 6) is -10.5. The van der Waals surface area contributed by atoms with Crippen LogP contribution in [0.15, 0.2) is 28.0 Å². The molecule has 0 saturated carbocycles. The molecule has 2 nitrogen and oxygen atoms in total. The maximum absolute atomic E-state index is 13.6. The Labute approximate surface area is 126 Å². The van der Waals surface area contributed by atoms with Gasteiger partial charge in [0, 0.05) is 16.1 Å². The summed E-state index contributed by atoms with van der Waals surface area (Å²) in [7, 11) is 0. The van der Waals surface area contributed by atoms with Crippen LogP contribution in [0.5, 0.6) is 0 Å². The number of hydrogen-bond donors (Lipinski definition) is 1. The fourth-order valence-electron chi connectivity index (χ4n) is 1.63. The van der Waals surface area contributed by atoms with Crippen molar-refractivity contribution in [3.8, 4) is 0 Å². The minimum Gasteiger partial charge on any atom is -0.398 e. The largest absolute Gasteiger partial charge is 0.398 e. The third-order valence-corrected chi connectivity index (χ3v) is 3.94. The normalized spacial score (nSPS) is 10.8. The second-order valence-electron chi connectivity index (χ2n) is 4.31. The zero-order chi connectivity index (χ0) is 16.6. The van der Waals surface area contributed by atoms with Gasteiger partial charge >= 0.3 is 0 Å². The van der Waals surface area contributed by atoms with E-state index in [9.17, 15) is 26.7 Å². The molecule has 0 aliphatic carbocycles. The average molecular weight is 333 g/mol. The Morgan fingerprint density at radius 3 is 1.95 bits per heavy atom. The van der Waals surface area contributed by atoms with Crippen molar-refractivity contribution >= 4 is 23.2 Å². The average Bonchev–Trinajstić information content (AvgIpc) is 2.49. The van der Waals surface area contributed by atoms with Gasteiger partial charge in [0.25, 0.3) is 0 Å². The Morgan fingerprint density at radius 1 is 0.955 bits per heavy atom. The van der Waals surface area contributed by atoms with Crippen molar-refractivity contribution in [2.45, 2.75) is 16.7 Å². The number of benzene rings is 2. The van der Waals surface area contributed by atoms with Crippen LogP contribution in [-0.4, -0.2) is 5.78 Å². The van der Waals surface area contributed by atoms with Gasteiger partial charge in [-0.1, -0.05) is 11.8 Å². The number of nitrogen functional groups attached to an aromatic ring is 1. The molecule has 0 saturated heterocycles. The first-order chi connectivity index (χ1) is 10.2. The van der Waals surface area contributed by atoms with Gasteiger partial charge in [-0.2, -0.15) is 0 Å². The number of anilines is 1. The van der Waals surface area contributed by atoms with Gasteiger partial charge in [-0.15, -0.1) is 0 Å². The van der Waals surface area contributed by atoms with Crippen LogP contribution in [0.1, 0.15) is 17.3 Å². The maximum Gasteiger partial charge on any atom is 0.200 e. The van der Waals surface area contributed by atoms with E-state index in [1.807, 2.05) is 0 Å². The summed E-state index contributed by atoms with van der Waals surface area (Å²) in [5.41, 5.74) is 5.84. The van der Waals surface area contributed by atoms with Gasteiger partial charge in [0.15, 0.2) is 29.1 Å². The zero-order valence-corrected chi connectivity index (χ0v) is 11.8. The molecule has 2 N–H and O–H groups in total. The number of carbonyl (C=O) groups excluding carboxylic acids is 1. The molecule has 8 heteroatoms. The van der Waals surface area contributed by atoms with Crippen LogP contribution in [-0.2, 0) is 0 Å². The molecule has 0 atom stereocenters. The third-order valence-electron chi connectivity index (χ3n) is 2.80. The smallest absolute Gasteiger partial charge is 0.200 e. The van der Waals surface area contributed by atoms with Crippen LogP contribution in [0.4, 0.5) is 27.6 Å². The van der Waals surface area contributed by atoms with Crippen LogP contribution >= 0.6 is 11.8 Å². The van der Waals surface area contributed by atoms with E-state index in [4.69, 9.17) is 5.73 Å². The first kappa shape index (κ1) is 16.3. The van der Waals surface area contributed by atoms with Crippen LogP contribution in [0.2, 0.25) is 0 Å². The second kappa shape index (κ2) is 5.96. The van der Waals surface area contributed by atoms with Crippen molar-refractivity contribution in [1.29, 1.82) is 0 Å². The Morgan fingerprint density at radius 2 is 1.45 bits per heavy atom. The summed E-state index contributed by atoms with van der Waals surface area (Å²) < 4.78 is 66.5. The lowest BCUT2D eigenvalue weighted by molar-refractivity contribution is 0.101. The highest BCUT2D eigenvalue weighted by molar-refractivity contribution is 7.99. The Kier molecular flexibility index (Phi) is 4.41. The number of halogens is 5. The second-order valence-corrected chi connectivity index (χ2v) is 5.36. The van der Waals surface area contributed by atoms with Crippen molar-refractivity contribution in [1.82, 2.24) is 0 Å². The molecular formula is C14H8F5NOS. The predicted molar refractivity (Wildman–Crippen MR) is 71.2 cm³/mol. The standard InChI is InChI=1S/C14H8F5NOS/c1-5(21)6-2-3-7(20)8(4-6)22-14-12(18)10(16)9(15)11(17)13(14)19/h2-4H,20H2,1H3. The summed E-state index contributed by atoms with van der Waals surface area (Å²) >= 11 is 0.262. The Hall–Kier alpha value is -2.09. The molecule has 22 heavy (non-hydrogen) atoms. The zero-order valence-electron chi connectivity index (χ0n) is 11.0.